The van der Waals surface area contributed by atoms with Crippen LogP contribution < -0.4 is 5.32 Å². The molecule has 0 unspecified atom stereocenters. The quantitative estimate of drug-likeness (QED) is 0.539. The predicted octanol–water partition coefficient (Wildman–Crippen LogP) is 3.92. The molecule has 0 spiro atoms. The Bertz CT molecular complexity index is 1180. The molecular weight excluding hydrogens is 402 g/mol. The zero-order valence-corrected chi connectivity index (χ0v) is 16.8. The van der Waals surface area contributed by atoms with Crippen molar-refractivity contribution < 1.29 is 9.53 Å². The lowest BCUT2D eigenvalue weighted by Gasteiger charge is -2.18. The zero-order valence-electron chi connectivity index (χ0n) is 15.3. The number of ether oxygens (including phenoxy) is 1. The molecule has 4 heterocycles. The van der Waals surface area contributed by atoms with Crippen LogP contribution in [0.15, 0.2) is 46.8 Å². The number of aromatic nitrogens is 6. The largest absolute Gasteiger partial charge is 0.444 e. The molecule has 0 aliphatic heterocycles. The van der Waals surface area contributed by atoms with Crippen LogP contribution in [0.3, 0.4) is 0 Å². The van der Waals surface area contributed by atoms with E-state index in [4.69, 9.17) is 16.3 Å². The average Bonchev–Trinajstić information content (AvgIpc) is 3.16. The van der Waals surface area contributed by atoms with Crippen LogP contribution in [0.5, 0.6) is 0 Å². The van der Waals surface area contributed by atoms with Gasteiger partial charge in [0.2, 0.25) is 5.16 Å². The molecule has 11 heteroatoms. The highest BCUT2D eigenvalue weighted by Crippen LogP contribution is 2.26. The van der Waals surface area contributed by atoms with Gasteiger partial charge in [-0.2, -0.15) is 5.10 Å². The molecule has 0 bridgehead atoms. The van der Waals surface area contributed by atoms with Gasteiger partial charge >= 0.3 is 6.09 Å². The number of nitrogens with one attached hydrogen (secondary N) is 1. The Labute approximate surface area is 169 Å². The number of halogens is 1. The fourth-order valence-corrected chi connectivity index (χ4v) is 3.33. The molecule has 4 aromatic rings. The summed E-state index contributed by atoms with van der Waals surface area (Å²) in [6.07, 6.45) is 2.79. The van der Waals surface area contributed by atoms with Crippen LogP contribution in [0, 0.1) is 0 Å². The van der Waals surface area contributed by atoms with Crippen LogP contribution in [0.4, 0.5) is 10.6 Å². The minimum atomic E-state index is -0.588. The summed E-state index contributed by atoms with van der Waals surface area (Å²) in [5.41, 5.74) is 0.693. The number of carbonyl (C=O) groups is 1. The number of amides is 1. The van der Waals surface area contributed by atoms with Crippen molar-refractivity contribution in [2.75, 3.05) is 5.32 Å². The second-order valence-corrected chi connectivity index (χ2v) is 8.31. The number of carbonyl (C=O) groups excluding carboxylic acids is 1. The lowest BCUT2D eigenvalue weighted by atomic mass is 10.2. The SMILES string of the molecule is CC(C)(C)OC(=O)Nc1cn2nc(Sc3nnc4ccc(Cl)cn34)ccc2n1. The summed E-state index contributed by atoms with van der Waals surface area (Å²) >= 11 is 7.39. The molecule has 0 aliphatic rings. The highest BCUT2D eigenvalue weighted by Gasteiger charge is 2.17. The predicted molar refractivity (Wildman–Crippen MR) is 105 cm³/mol. The van der Waals surface area contributed by atoms with E-state index in [1.54, 1.807) is 60.3 Å². The topological polar surface area (TPSA) is 98.7 Å². The molecule has 4 aromatic heterocycles. The highest BCUT2D eigenvalue weighted by molar-refractivity contribution is 7.99. The second-order valence-electron chi connectivity index (χ2n) is 6.89. The van der Waals surface area contributed by atoms with Gasteiger partial charge in [-0.3, -0.25) is 9.72 Å². The summed E-state index contributed by atoms with van der Waals surface area (Å²) in [5, 5.41) is 17.3. The molecule has 0 aromatic carbocycles. The highest BCUT2D eigenvalue weighted by atomic mass is 35.5. The van der Waals surface area contributed by atoms with Crippen LogP contribution in [0.25, 0.3) is 11.3 Å². The molecule has 0 saturated carbocycles. The van der Waals surface area contributed by atoms with Gasteiger partial charge in [0.05, 0.1) is 11.2 Å². The summed E-state index contributed by atoms with van der Waals surface area (Å²) in [7, 11) is 0. The first-order valence-electron chi connectivity index (χ1n) is 8.31. The van der Waals surface area contributed by atoms with Gasteiger partial charge in [-0.15, -0.1) is 10.2 Å². The first-order chi connectivity index (χ1) is 13.3. The van der Waals surface area contributed by atoms with Crippen LogP contribution >= 0.6 is 23.4 Å². The number of fused-ring (bicyclic) bond motifs is 2. The smallest absolute Gasteiger partial charge is 0.413 e. The second kappa shape index (κ2) is 6.95. The number of nitrogens with zero attached hydrogens (tertiary/aromatic N) is 6. The van der Waals surface area contributed by atoms with Crippen molar-refractivity contribution in [3.63, 3.8) is 0 Å². The van der Waals surface area contributed by atoms with Crippen LogP contribution in [0.1, 0.15) is 20.8 Å². The monoisotopic (exact) mass is 417 g/mol. The third-order valence-corrected chi connectivity index (χ3v) is 4.57. The minimum Gasteiger partial charge on any atom is -0.444 e. The number of anilines is 1. The standard InChI is InChI=1S/C17H16ClN7O2S/c1-17(2,3)27-16(26)20-11-9-25-12(19-11)6-7-14(23-25)28-15-22-21-13-5-4-10(18)8-24(13)15/h4-9H,1-3H3,(H,20,26). The third kappa shape index (κ3) is 4.02. The number of pyridine rings is 1. The first kappa shape index (κ1) is 18.5. The van der Waals surface area contributed by atoms with E-state index in [0.717, 1.165) is 0 Å². The lowest BCUT2D eigenvalue weighted by Crippen LogP contribution is -2.27. The Kier molecular flexibility index (Phi) is 4.60. The van der Waals surface area contributed by atoms with E-state index in [-0.39, 0.29) is 0 Å². The van der Waals surface area contributed by atoms with Gasteiger partial charge in [-0.25, -0.2) is 14.3 Å². The molecule has 0 radical (unpaired) electrons. The van der Waals surface area contributed by atoms with Crippen LogP contribution in [-0.2, 0) is 4.74 Å². The summed E-state index contributed by atoms with van der Waals surface area (Å²) in [6, 6.07) is 7.16. The number of hydrogen-bond acceptors (Lipinski definition) is 7. The summed E-state index contributed by atoms with van der Waals surface area (Å²) < 4.78 is 8.60. The Morgan fingerprint density at radius 1 is 1.14 bits per heavy atom. The van der Waals surface area contributed by atoms with Gasteiger partial charge in [-0.05, 0) is 56.8 Å². The molecule has 0 fully saturated rings. The van der Waals surface area contributed by atoms with E-state index in [1.807, 2.05) is 6.07 Å². The molecule has 9 nitrogen and oxygen atoms in total. The molecule has 1 N–H and O–H groups in total. The first-order valence-corrected chi connectivity index (χ1v) is 9.51. The van der Waals surface area contributed by atoms with Crippen molar-refractivity contribution in [3.05, 3.63) is 41.7 Å². The van der Waals surface area contributed by atoms with Crippen LogP contribution in [0.2, 0.25) is 5.02 Å². The number of rotatable bonds is 3. The van der Waals surface area contributed by atoms with E-state index in [0.29, 0.717) is 32.3 Å². The van der Waals surface area contributed by atoms with Crippen molar-refractivity contribution in [2.45, 2.75) is 36.6 Å². The van der Waals surface area contributed by atoms with Gasteiger partial charge in [0.25, 0.3) is 0 Å². The summed E-state index contributed by atoms with van der Waals surface area (Å²) in [6.45, 7) is 5.38. The Morgan fingerprint density at radius 3 is 2.71 bits per heavy atom. The minimum absolute atomic E-state index is 0.351. The van der Waals surface area contributed by atoms with Gasteiger partial charge in [0.1, 0.15) is 10.6 Å². The van der Waals surface area contributed by atoms with Crippen molar-refractivity contribution >= 4 is 46.6 Å². The van der Waals surface area contributed by atoms with Crippen molar-refractivity contribution in [3.8, 4) is 0 Å². The fourth-order valence-electron chi connectivity index (χ4n) is 2.39. The fraction of sp³-hybridized carbons (Fsp3) is 0.235. The Hall–Kier alpha value is -2.85. The summed E-state index contributed by atoms with van der Waals surface area (Å²) in [4.78, 5) is 16.2. The van der Waals surface area contributed by atoms with Gasteiger partial charge in [-0.1, -0.05) is 11.6 Å². The van der Waals surface area contributed by atoms with E-state index in [1.165, 1.54) is 11.8 Å². The Balaban J connectivity index is 1.56. The average molecular weight is 418 g/mol. The van der Waals surface area contributed by atoms with Gasteiger partial charge < -0.3 is 4.74 Å². The third-order valence-electron chi connectivity index (χ3n) is 3.46. The molecule has 1 amide bonds. The molecule has 0 aliphatic carbocycles. The van der Waals surface area contributed by atoms with E-state index < -0.39 is 11.7 Å². The van der Waals surface area contributed by atoms with Crippen molar-refractivity contribution in [1.29, 1.82) is 0 Å². The van der Waals surface area contributed by atoms with E-state index in [9.17, 15) is 4.79 Å². The number of hydrogen-bond donors (Lipinski definition) is 1. The Morgan fingerprint density at radius 2 is 1.93 bits per heavy atom. The van der Waals surface area contributed by atoms with Gasteiger partial charge in [0.15, 0.2) is 17.1 Å². The van der Waals surface area contributed by atoms with E-state index in [2.05, 4.69) is 25.6 Å². The molecular formula is C17H16ClN7O2S. The van der Waals surface area contributed by atoms with Crippen LogP contribution in [-0.4, -0.2) is 40.9 Å². The lowest BCUT2D eigenvalue weighted by molar-refractivity contribution is 0.0635. The molecule has 28 heavy (non-hydrogen) atoms. The molecule has 144 valence electrons. The molecule has 4 rings (SSSR count). The van der Waals surface area contributed by atoms with Crippen molar-refractivity contribution in [1.82, 2.24) is 29.2 Å². The molecule has 0 saturated heterocycles. The normalized spacial score (nSPS) is 11.9. The van der Waals surface area contributed by atoms with E-state index >= 15 is 0 Å². The number of imidazole rings is 1. The molecule has 0 atom stereocenters. The summed E-state index contributed by atoms with van der Waals surface area (Å²) in [5.74, 6) is 0.351. The maximum absolute atomic E-state index is 11.9. The maximum Gasteiger partial charge on any atom is 0.413 e. The maximum atomic E-state index is 11.9. The van der Waals surface area contributed by atoms with Gasteiger partial charge in [0, 0.05) is 6.20 Å². The van der Waals surface area contributed by atoms with Crippen molar-refractivity contribution in [2.24, 2.45) is 0 Å². The zero-order chi connectivity index (χ0) is 19.9.